The number of methoxy groups -OCH3 is 1. The number of hydrogen-bond donors (Lipinski definition) is 0. The average molecular weight is 246 g/mol. The second kappa shape index (κ2) is 6.39. The molecular formula is C16H22O2. The van der Waals surface area contributed by atoms with Crippen molar-refractivity contribution in [1.82, 2.24) is 0 Å². The Balaban J connectivity index is 2.86. The fourth-order valence-electron chi connectivity index (χ4n) is 1.90. The number of carbonyl (C=O) groups is 1. The Bertz CT molecular complexity index is 429. The fraction of sp³-hybridized carbons (Fsp3) is 0.438. The topological polar surface area (TPSA) is 26.3 Å². The molecule has 2 heteroatoms. The van der Waals surface area contributed by atoms with Crippen LogP contribution in [0.5, 0.6) is 5.75 Å². The molecule has 0 aromatic heterocycles. The minimum absolute atomic E-state index is 0.00500. The first-order chi connectivity index (χ1) is 8.51. The van der Waals surface area contributed by atoms with Gasteiger partial charge in [-0.25, -0.2) is 0 Å². The smallest absolute Gasteiger partial charge is 0.166 e. The van der Waals surface area contributed by atoms with Gasteiger partial charge in [-0.05, 0) is 44.0 Å². The molecule has 0 spiro atoms. The van der Waals surface area contributed by atoms with Gasteiger partial charge in [0.25, 0.3) is 0 Å². The molecule has 0 bridgehead atoms. The van der Waals surface area contributed by atoms with E-state index in [4.69, 9.17) is 4.74 Å². The predicted octanol–water partition coefficient (Wildman–Crippen LogP) is 4.12. The maximum absolute atomic E-state index is 12.3. The monoisotopic (exact) mass is 246 g/mol. The maximum atomic E-state index is 12.3. The molecule has 1 aromatic rings. The molecule has 0 saturated carbocycles. The largest absolute Gasteiger partial charge is 0.497 e. The van der Waals surface area contributed by atoms with Gasteiger partial charge in [-0.2, -0.15) is 0 Å². The summed E-state index contributed by atoms with van der Waals surface area (Å²) in [6, 6.07) is 7.31. The lowest BCUT2D eigenvalue weighted by atomic mass is 9.84. The van der Waals surface area contributed by atoms with E-state index in [-0.39, 0.29) is 17.6 Å². The van der Waals surface area contributed by atoms with Gasteiger partial charge >= 0.3 is 0 Å². The van der Waals surface area contributed by atoms with E-state index < -0.39 is 0 Å². The van der Waals surface area contributed by atoms with Crippen LogP contribution in [-0.2, 0) is 0 Å². The van der Waals surface area contributed by atoms with Crippen LogP contribution in [0.25, 0.3) is 0 Å². The summed E-state index contributed by atoms with van der Waals surface area (Å²) >= 11 is 0. The van der Waals surface area contributed by atoms with Gasteiger partial charge < -0.3 is 4.74 Å². The molecule has 0 fully saturated rings. The molecule has 18 heavy (non-hydrogen) atoms. The SMILES string of the molecule is C/C=C(\C)C(C)C(C)C(=O)c1ccc(OC)cc1. The summed E-state index contributed by atoms with van der Waals surface area (Å²) in [6.45, 7) is 8.17. The highest BCUT2D eigenvalue weighted by Crippen LogP contribution is 2.24. The van der Waals surface area contributed by atoms with Crippen molar-refractivity contribution in [3.05, 3.63) is 41.5 Å². The normalized spacial score (nSPS) is 15.1. The fourth-order valence-corrected chi connectivity index (χ4v) is 1.90. The van der Waals surface area contributed by atoms with E-state index in [1.807, 2.05) is 38.1 Å². The quantitative estimate of drug-likeness (QED) is 0.577. The molecule has 0 aliphatic rings. The first kappa shape index (κ1) is 14.5. The molecule has 0 heterocycles. The molecule has 2 unspecified atom stereocenters. The van der Waals surface area contributed by atoms with E-state index in [2.05, 4.69) is 19.9 Å². The first-order valence-electron chi connectivity index (χ1n) is 6.32. The minimum Gasteiger partial charge on any atom is -0.497 e. The second-order valence-electron chi connectivity index (χ2n) is 4.70. The zero-order chi connectivity index (χ0) is 13.7. The summed E-state index contributed by atoms with van der Waals surface area (Å²) in [5.41, 5.74) is 2.00. The van der Waals surface area contributed by atoms with Crippen LogP contribution in [0.15, 0.2) is 35.9 Å². The third-order valence-corrected chi connectivity index (χ3v) is 3.71. The van der Waals surface area contributed by atoms with Crippen LogP contribution < -0.4 is 4.74 Å². The van der Waals surface area contributed by atoms with Crippen molar-refractivity contribution >= 4 is 5.78 Å². The highest BCUT2D eigenvalue weighted by molar-refractivity contribution is 5.98. The third kappa shape index (κ3) is 3.22. The lowest BCUT2D eigenvalue weighted by molar-refractivity contribution is 0.0904. The van der Waals surface area contributed by atoms with Crippen LogP contribution >= 0.6 is 0 Å². The maximum Gasteiger partial charge on any atom is 0.166 e. The Labute approximate surface area is 110 Å². The van der Waals surface area contributed by atoms with E-state index >= 15 is 0 Å². The molecule has 0 aliphatic carbocycles. The van der Waals surface area contributed by atoms with E-state index in [1.54, 1.807) is 7.11 Å². The molecule has 2 nitrogen and oxygen atoms in total. The van der Waals surface area contributed by atoms with Gasteiger partial charge in [0, 0.05) is 11.5 Å². The Morgan fingerprint density at radius 2 is 1.72 bits per heavy atom. The van der Waals surface area contributed by atoms with E-state index in [0.29, 0.717) is 0 Å². The highest BCUT2D eigenvalue weighted by Gasteiger charge is 2.22. The molecule has 0 amide bonds. The van der Waals surface area contributed by atoms with Crippen LogP contribution in [-0.4, -0.2) is 12.9 Å². The summed E-state index contributed by atoms with van der Waals surface area (Å²) in [7, 11) is 1.62. The van der Waals surface area contributed by atoms with Crippen LogP contribution in [0.3, 0.4) is 0 Å². The number of ketones is 1. The molecule has 0 saturated heterocycles. The molecular weight excluding hydrogens is 224 g/mol. The zero-order valence-corrected chi connectivity index (χ0v) is 11.9. The van der Waals surface area contributed by atoms with E-state index in [0.717, 1.165) is 11.3 Å². The van der Waals surface area contributed by atoms with Crippen molar-refractivity contribution in [3.63, 3.8) is 0 Å². The van der Waals surface area contributed by atoms with Crippen molar-refractivity contribution < 1.29 is 9.53 Å². The summed E-state index contributed by atoms with van der Waals surface area (Å²) in [5, 5.41) is 0. The molecule has 2 atom stereocenters. The van der Waals surface area contributed by atoms with Crippen molar-refractivity contribution in [2.45, 2.75) is 27.7 Å². The molecule has 0 radical (unpaired) electrons. The Kier molecular flexibility index (Phi) is 5.14. The number of rotatable bonds is 5. The van der Waals surface area contributed by atoms with Crippen molar-refractivity contribution in [2.24, 2.45) is 11.8 Å². The average Bonchev–Trinajstić information content (AvgIpc) is 2.44. The van der Waals surface area contributed by atoms with Crippen LogP contribution in [0, 0.1) is 11.8 Å². The Morgan fingerprint density at radius 3 is 2.17 bits per heavy atom. The molecule has 1 aromatic carbocycles. The second-order valence-corrected chi connectivity index (χ2v) is 4.70. The molecule has 0 N–H and O–H groups in total. The zero-order valence-electron chi connectivity index (χ0n) is 11.9. The molecule has 98 valence electrons. The number of carbonyl (C=O) groups excluding carboxylic acids is 1. The van der Waals surface area contributed by atoms with Gasteiger partial charge in [0.05, 0.1) is 7.11 Å². The summed E-state index contributed by atoms with van der Waals surface area (Å²) in [4.78, 5) is 12.3. The number of ether oxygens (including phenoxy) is 1. The van der Waals surface area contributed by atoms with Crippen LogP contribution in [0.4, 0.5) is 0 Å². The van der Waals surface area contributed by atoms with Gasteiger partial charge in [0.2, 0.25) is 0 Å². The van der Waals surface area contributed by atoms with Gasteiger partial charge in [0.15, 0.2) is 5.78 Å². The Hall–Kier alpha value is -1.57. The number of Topliss-reactive ketones (excluding diaryl/α,β-unsaturated/α-hetero) is 1. The van der Waals surface area contributed by atoms with E-state index in [9.17, 15) is 4.79 Å². The van der Waals surface area contributed by atoms with Crippen molar-refractivity contribution in [2.75, 3.05) is 7.11 Å². The Morgan fingerprint density at radius 1 is 1.17 bits per heavy atom. The van der Waals surface area contributed by atoms with Crippen molar-refractivity contribution in [1.29, 1.82) is 0 Å². The molecule has 0 aliphatic heterocycles. The lowest BCUT2D eigenvalue weighted by Crippen LogP contribution is -2.19. The predicted molar refractivity (Wildman–Crippen MR) is 75.1 cm³/mol. The first-order valence-corrected chi connectivity index (χ1v) is 6.32. The molecule has 1 rings (SSSR count). The number of benzene rings is 1. The minimum atomic E-state index is -0.00500. The lowest BCUT2D eigenvalue weighted by Gasteiger charge is -2.19. The highest BCUT2D eigenvalue weighted by atomic mass is 16.5. The summed E-state index contributed by atoms with van der Waals surface area (Å²) in [6.07, 6.45) is 2.07. The van der Waals surface area contributed by atoms with Crippen LogP contribution in [0.1, 0.15) is 38.1 Å². The number of allylic oxidation sites excluding steroid dienone is 2. The summed E-state index contributed by atoms with van der Waals surface area (Å²) in [5.74, 6) is 1.22. The van der Waals surface area contributed by atoms with Gasteiger partial charge in [-0.1, -0.05) is 25.5 Å². The third-order valence-electron chi connectivity index (χ3n) is 3.71. The standard InChI is InChI=1S/C16H22O2/c1-6-11(2)12(3)13(4)16(17)14-7-9-15(18-5)10-8-14/h6-10,12-13H,1-5H3/b11-6+. The number of hydrogen-bond acceptors (Lipinski definition) is 2. The van der Waals surface area contributed by atoms with Gasteiger partial charge in [-0.3, -0.25) is 4.79 Å². The van der Waals surface area contributed by atoms with E-state index in [1.165, 1.54) is 5.57 Å². The van der Waals surface area contributed by atoms with Gasteiger partial charge in [-0.15, -0.1) is 0 Å². The van der Waals surface area contributed by atoms with Gasteiger partial charge in [0.1, 0.15) is 5.75 Å². The van der Waals surface area contributed by atoms with Crippen LogP contribution in [0.2, 0.25) is 0 Å². The van der Waals surface area contributed by atoms with Crippen molar-refractivity contribution in [3.8, 4) is 5.75 Å². The summed E-state index contributed by atoms with van der Waals surface area (Å²) < 4.78 is 5.09.